The minimum atomic E-state index is -1.41. The van der Waals surface area contributed by atoms with Gasteiger partial charge in [-0.2, -0.15) is 0 Å². The number of carbonyl (C=O) groups is 2. The van der Waals surface area contributed by atoms with Crippen molar-refractivity contribution < 1.29 is 27.9 Å². The molecule has 0 radical (unpaired) electrons. The van der Waals surface area contributed by atoms with Gasteiger partial charge in [-0.1, -0.05) is 0 Å². The molecule has 9 nitrogen and oxygen atoms in total. The maximum Gasteiger partial charge on any atom is 0.353 e. The largest absolute Gasteiger partial charge is 0.477 e. The summed E-state index contributed by atoms with van der Waals surface area (Å²) >= 11 is 0. The van der Waals surface area contributed by atoms with Crippen molar-refractivity contribution in [2.75, 3.05) is 0 Å². The number of primary amides is 1. The quantitative estimate of drug-likeness (QED) is 0.277. The van der Waals surface area contributed by atoms with Crippen molar-refractivity contribution in [3.05, 3.63) is 93.9 Å². The number of aromatic amines is 2. The molecule has 5 N–H and O–H groups in total. The van der Waals surface area contributed by atoms with Crippen LogP contribution in [0.15, 0.2) is 64.1 Å². The summed E-state index contributed by atoms with van der Waals surface area (Å²) in [6.07, 6.45) is 2.66. The Balaban J connectivity index is 1.69. The molecule has 4 heterocycles. The number of nitrogens with one attached hydrogen (secondary N) is 2. The van der Waals surface area contributed by atoms with Crippen molar-refractivity contribution in [2.45, 2.75) is 6.54 Å². The van der Waals surface area contributed by atoms with Crippen LogP contribution in [0.2, 0.25) is 0 Å². The summed E-state index contributed by atoms with van der Waals surface area (Å²) in [6.45, 7) is -0.326. The normalized spacial score (nSPS) is 11.6. The van der Waals surface area contributed by atoms with Crippen LogP contribution in [0.3, 0.4) is 0 Å². The molecule has 0 bridgehead atoms. The number of carboxylic acid groups (broad SMARTS) is 1. The molecule has 0 fully saturated rings. The number of amides is 1. The third-order valence-corrected chi connectivity index (χ3v) is 6.39. The zero-order valence-corrected chi connectivity index (χ0v) is 18.8. The highest BCUT2D eigenvalue weighted by molar-refractivity contribution is 6.17. The molecule has 184 valence electrons. The van der Waals surface area contributed by atoms with Crippen molar-refractivity contribution in [3.63, 3.8) is 0 Å². The zero-order chi connectivity index (χ0) is 26.0. The summed E-state index contributed by atoms with van der Waals surface area (Å²) in [4.78, 5) is 42.1. The van der Waals surface area contributed by atoms with Gasteiger partial charge in [-0.25, -0.2) is 13.6 Å². The molecule has 11 heteroatoms. The fourth-order valence-electron chi connectivity index (χ4n) is 4.80. The second kappa shape index (κ2) is 7.92. The van der Waals surface area contributed by atoms with Crippen molar-refractivity contribution in [1.82, 2.24) is 14.5 Å². The molecule has 0 unspecified atom stereocenters. The highest BCUT2D eigenvalue weighted by atomic mass is 19.1. The van der Waals surface area contributed by atoms with Crippen LogP contribution in [0.4, 0.5) is 8.78 Å². The fraction of sp³-hybridized carbons (Fsp3) is 0.0385. The van der Waals surface area contributed by atoms with Gasteiger partial charge in [-0.3, -0.25) is 9.59 Å². The van der Waals surface area contributed by atoms with Gasteiger partial charge in [0.15, 0.2) is 0 Å². The third-order valence-electron chi connectivity index (χ3n) is 6.39. The molecule has 37 heavy (non-hydrogen) atoms. The highest BCUT2D eigenvalue weighted by Crippen LogP contribution is 2.40. The lowest BCUT2D eigenvalue weighted by atomic mass is 10.0. The molecule has 1 amide bonds. The number of H-pyrrole nitrogens is 2. The van der Waals surface area contributed by atoms with Crippen LogP contribution in [0, 0.1) is 11.6 Å². The van der Waals surface area contributed by atoms with Crippen LogP contribution in [-0.2, 0) is 6.54 Å². The Bertz CT molecular complexity index is 1980. The molecule has 4 aromatic heterocycles. The molecule has 6 aromatic rings. The first-order valence-corrected chi connectivity index (χ1v) is 11.0. The number of benzene rings is 2. The Hall–Kier alpha value is -5.19. The van der Waals surface area contributed by atoms with Gasteiger partial charge in [-0.05, 0) is 42.5 Å². The van der Waals surface area contributed by atoms with E-state index in [-0.39, 0.29) is 56.5 Å². The predicted octanol–water partition coefficient (Wildman–Crippen LogP) is 4.35. The predicted molar refractivity (Wildman–Crippen MR) is 131 cm³/mol. The van der Waals surface area contributed by atoms with Crippen LogP contribution < -0.4 is 11.3 Å². The number of pyridine rings is 1. The van der Waals surface area contributed by atoms with Gasteiger partial charge in [0.05, 0.1) is 34.7 Å². The monoisotopic (exact) mass is 502 g/mol. The van der Waals surface area contributed by atoms with E-state index in [0.717, 1.165) is 12.1 Å². The minimum Gasteiger partial charge on any atom is -0.477 e. The molecule has 0 spiro atoms. The molecule has 2 aromatic carbocycles. The van der Waals surface area contributed by atoms with Gasteiger partial charge in [-0.15, -0.1) is 0 Å². The van der Waals surface area contributed by atoms with Crippen molar-refractivity contribution >= 4 is 44.7 Å². The standard InChI is InChI=1S/C26H16F2N4O5/c27-15-8-17-11(7-18(31-17)24(29)33)6-12(15)10-32-19-9-16(28)13-3-5-37-23(13)21(19)20(22(32)26(35)36)14-2-1-4-30-25(14)34/h1-9,31H,10H2,(H2,29,33)(H,30,34)(H,35,36). The number of aromatic nitrogens is 3. The number of rotatable bonds is 5. The third kappa shape index (κ3) is 3.32. The van der Waals surface area contributed by atoms with Crippen molar-refractivity contribution in [1.29, 1.82) is 0 Å². The summed E-state index contributed by atoms with van der Waals surface area (Å²) in [5, 5.41) is 11.0. The average molecular weight is 502 g/mol. The Labute approximate surface area is 204 Å². The molecule has 0 atom stereocenters. The second-order valence-corrected chi connectivity index (χ2v) is 8.52. The lowest BCUT2D eigenvalue weighted by Crippen LogP contribution is -2.14. The first-order valence-electron chi connectivity index (χ1n) is 11.0. The first kappa shape index (κ1) is 22.3. The number of nitrogens with zero attached hydrogens (tertiary/aromatic N) is 1. The van der Waals surface area contributed by atoms with Crippen LogP contribution in [-0.4, -0.2) is 31.5 Å². The summed E-state index contributed by atoms with van der Waals surface area (Å²) in [5.41, 5.74) is 5.07. The number of halogens is 2. The smallest absolute Gasteiger partial charge is 0.353 e. The molecule has 0 saturated heterocycles. The SMILES string of the molecule is NC(=O)c1cc2cc(Cn3c(C(=O)O)c(-c4ccc[nH]c4=O)c4c5occc5c(F)cc43)c(F)cc2[nH]1. The second-order valence-electron chi connectivity index (χ2n) is 8.52. The summed E-state index contributed by atoms with van der Waals surface area (Å²) in [5.74, 6) is -3.50. The van der Waals surface area contributed by atoms with E-state index in [1.807, 2.05) is 0 Å². The van der Waals surface area contributed by atoms with Crippen LogP contribution in [0.25, 0.3) is 43.9 Å². The maximum atomic E-state index is 15.2. The molecule has 6 rings (SSSR count). The van der Waals surface area contributed by atoms with E-state index in [1.54, 1.807) is 0 Å². The van der Waals surface area contributed by atoms with E-state index in [4.69, 9.17) is 10.2 Å². The van der Waals surface area contributed by atoms with Crippen LogP contribution >= 0.6 is 0 Å². The summed E-state index contributed by atoms with van der Waals surface area (Å²) < 4.78 is 37.0. The van der Waals surface area contributed by atoms with Crippen LogP contribution in [0.1, 0.15) is 26.5 Å². The van der Waals surface area contributed by atoms with Gasteiger partial charge in [0.25, 0.3) is 11.5 Å². The molecular weight excluding hydrogens is 486 g/mol. The number of nitrogens with two attached hydrogens (primary N) is 1. The summed E-state index contributed by atoms with van der Waals surface area (Å²) in [6, 6.07) is 9.58. The molecule has 0 saturated carbocycles. The Morgan fingerprint density at radius 1 is 1.11 bits per heavy atom. The lowest BCUT2D eigenvalue weighted by molar-refractivity contribution is 0.0686. The van der Waals surface area contributed by atoms with E-state index >= 15 is 8.78 Å². The maximum absolute atomic E-state index is 15.2. The Morgan fingerprint density at radius 3 is 2.65 bits per heavy atom. The van der Waals surface area contributed by atoms with Crippen LogP contribution in [0.5, 0.6) is 0 Å². The van der Waals surface area contributed by atoms with E-state index in [0.29, 0.717) is 10.9 Å². The molecule has 0 aliphatic rings. The van der Waals surface area contributed by atoms with Gasteiger partial charge < -0.3 is 29.8 Å². The van der Waals surface area contributed by atoms with E-state index in [2.05, 4.69) is 9.97 Å². The molecule has 0 aliphatic heterocycles. The zero-order valence-electron chi connectivity index (χ0n) is 18.8. The van der Waals surface area contributed by atoms with Gasteiger partial charge >= 0.3 is 5.97 Å². The van der Waals surface area contributed by atoms with Crippen molar-refractivity contribution in [2.24, 2.45) is 5.73 Å². The number of fused-ring (bicyclic) bond motifs is 4. The topological polar surface area (TPSA) is 147 Å². The van der Waals surface area contributed by atoms with Gasteiger partial charge in [0, 0.05) is 28.2 Å². The van der Waals surface area contributed by atoms with Gasteiger partial charge in [0.2, 0.25) is 0 Å². The van der Waals surface area contributed by atoms with E-state index < -0.39 is 29.1 Å². The van der Waals surface area contributed by atoms with Crippen molar-refractivity contribution in [3.8, 4) is 11.1 Å². The average Bonchev–Trinajstić information content (AvgIpc) is 3.56. The number of furan rings is 1. The minimum absolute atomic E-state index is 0.0171. The number of aromatic carboxylic acids is 1. The number of carbonyl (C=O) groups excluding carboxylic acids is 1. The number of hydrogen-bond acceptors (Lipinski definition) is 4. The first-order chi connectivity index (χ1) is 17.7. The van der Waals surface area contributed by atoms with E-state index in [9.17, 15) is 19.5 Å². The Morgan fingerprint density at radius 2 is 1.92 bits per heavy atom. The summed E-state index contributed by atoms with van der Waals surface area (Å²) in [7, 11) is 0. The fourth-order valence-corrected chi connectivity index (χ4v) is 4.80. The molecule has 0 aliphatic carbocycles. The molecular formula is C26H16F2N4O5. The highest BCUT2D eigenvalue weighted by Gasteiger charge is 2.29. The number of hydrogen-bond donors (Lipinski definition) is 4. The van der Waals surface area contributed by atoms with E-state index in [1.165, 1.54) is 47.4 Å². The van der Waals surface area contributed by atoms with Gasteiger partial charge in [0.1, 0.15) is 28.6 Å². The number of carboxylic acids is 1. The Kier molecular flexibility index (Phi) is 4.77. The lowest BCUT2D eigenvalue weighted by Gasteiger charge is -2.11.